The van der Waals surface area contributed by atoms with Crippen LogP contribution >= 0.6 is 0 Å². The number of benzene rings is 1. The van der Waals surface area contributed by atoms with Crippen LogP contribution in [0.3, 0.4) is 0 Å². The number of anilines is 1. The largest absolute Gasteiger partial charge is 0.441 e. The van der Waals surface area contributed by atoms with Gasteiger partial charge in [-0.25, -0.2) is 4.98 Å². The van der Waals surface area contributed by atoms with Crippen molar-refractivity contribution >= 4 is 16.8 Å². The van der Waals surface area contributed by atoms with Gasteiger partial charge in [0.25, 0.3) is 0 Å². The van der Waals surface area contributed by atoms with Crippen LogP contribution in [0.1, 0.15) is 31.2 Å². The molecule has 0 saturated carbocycles. The van der Waals surface area contributed by atoms with Crippen molar-refractivity contribution in [3.8, 4) is 0 Å². The van der Waals surface area contributed by atoms with E-state index in [-0.39, 0.29) is 0 Å². The molecule has 2 heterocycles. The molecule has 0 unspecified atom stereocenters. The Hall–Kier alpha value is -1.55. The summed E-state index contributed by atoms with van der Waals surface area (Å²) in [4.78, 5) is 6.93. The van der Waals surface area contributed by atoms with E-state index in [0.717, 1.165) is 43.2 Å². The lowest BCUT2D eigenvalue weighted by Gasteiger charge is -2.30. The molecule has 0 spiro atoms. The molecule has 3 rings (SSSR count). The molecule has 2 aromatic rings. The van der Waals surface area contributed by atoms with Gasteiger partial charge in [-0.05, 0) is 18.1 Å². The Morgan fingerprint density at radius 2 is 2.00 bits per heavy atom. The number of piperazine rings is 1. The zero-order chi connectivity index (χ0) is 13.4. The maximum Gasteiger partial charge on any atom is 0.192 e. The third-order valence-electron chi connectivity index (χ3n) is 3.71. The van der Waals surface area contributed by atoms with Gasteiger partial charge in [-0.15, -0.1) is 0 Å². The summed E-state index contributed by atoms with van der Waals surface area (Å²) < 4.78 is 5.76. The van der Waals surface area contributed by atoms with Gasteiger partial charge in [0.15, 0.2) is 11.5 Å². The van der Waals surface area contributed by atoms with Crippen LogP contribution in [0.4, 0.5) is 5.69 Å². The van der Waals surface area contributed by atoms with E-state index in [0.29, 0.717) is 5.92 Å². The highest BCUT2D eigenvalue weighted by Crippen LogP contribution is 2.31. The van der Waals surface area contributed by atoms with Crippen LogP contribution in [-0.2, 0) is 0 Å². The van der Waals surface area contributed by atoms with Crippen LogP contribution in [0.15, 0.2) is 16.5 Å². The lowest BCUT2D eigenvalue weighted by Crippen LogP contribution is -2.43. The molecule has 0 amide bonds. The SMILES string of the molecule is Cc1nc2cc(N3CCNCC3)cc(C(C)C)c2o1. The molecule has 1 N–H and O–H groups in total. The summed E-state index contributed by atoms with van der Waals surface area (Å²) in [5.74, 6) is 1.19. The van der Waals surface area contributed by atoms with E-state index in [9.17, 15) is 0 Å². The summed E-state index contributed by atoms with van der Waals surface area (Å²) in [5.41, 5.74) is 4.46. The first-order valence-electron chi connectivity index (χ1n) is 7.02. The fraction of sp³-hybridized carbons (Fsp3) is 0.533. The lowest BCUT2D eigenvalue weighted by molar-refractivity contribution is 0.555. The van der Waals surface area contributed by atoms with Crippen LogP contribution in [0.2, 0.25) is 0 Å². The molecule has 1 aromatic heterocycles. The van der Waals surface area contributed by atoms with Gasteiger partial charge >= 0.3 is 0 Å². The number of nitrogens with one attached hydrogen (secondary N) is 1. The second kappa shape index (κ2) is 4.85. The monoisotopic (exact) mass is 259 g/mol. The van der Waals surface area contributed by atoms with Crippen LogP contribution in [0.5, 0.6) is 0 Å². The summed E-state index contributed by atoms with van der Waals surface area (Å²) in [7, 11) is 0. The van der Waals surface area contributed by atoms with Crippen LogP contribution in [0.25, 0.3) is 11.1 Å². The van der Waals surface area contributed by atoms with Gasteiger partial charge in [0.05, 0.1) is 0 Å². The fourth-order valence-electron chi connectivity index (χ4n) is 2.69. The molecule has 0 aliphatic carbocycles. The van der Waals surface area contributed by atoms with Gasteiger partial charge in [-0.1, -0.05) is 13.8 Å². The number of hydrogen-bond donors (Lipinski definition) is 1. The minimum atomic E-state index is 0.442. The van der Waals surface area contributed by atoms with Gasteiger partial charge in [0.1, 0.15) is 5.52 Å². The maximum atomic E-state index is 5.76. The van der Waals surface area contributed by atoms with Crippen LogP contribution < -0.4 is 10.2 Å². The lowest BCUT2D eigenvalue weighted by atomic mass is 10.0. The van der Waals surface area contributed by atoms with Crippen molar-refractivity contribution in [2.75, 3.05) is 31.1 Å². The summed E-state index contributed by atoms with van der Waals surface area (Å²) >= 11 is 0. The first kappa shape index (κ1) is 12.5. The topological polar surface area (TPSA) is 41.3 Å². The van der Waals surface area contributed by atoms with E-state index < -0.39 is 0 Å². The van der Waals surface area contributed by atoms with Crippen molar-refractivity contribution in [2.24, 2.45) is 0 Å². The normalized spacial score (nSPS) is 16.5. The van der Waals surface area contributed by atoms with Crippen molar-refractivity contribution in [3.63, 3.8) is 0 Å². The molecule has 0 radical (unpaired) electrons. The molecule has 19 heavy (non-hydrogen) atoms. The van der Waals surface area contributed by atoms with Crippen molar-refractivity contribution in [3.05, 3.63) is 23.6 Å². The third kappa shape index (κ3) is 2.32. The quantitative estimate of drug-likeness (QED) is 0.900. The number of nitrogens with zero attached hydrogens (tertiary/aromatic N) is 2. The van der Waals surface area contributed by atoms with Gasteiger partial charge < -0.3 is 14.6 Å². The number of fused-ring (bicyclic) bond motifs is 1. The Balaban J connectivity index is 2.09. The first-order valence-corrected chi connectivity index (χ1v) is 7.02. The van der Waals surface area contributed by atoms with E-state index in [1.165, 1.54) is 11.3 Å². The second-order valence-corrected chi connectivity index (χ2v) is 5.51. The molecule has 102 valence electrons. The molecule has 1 aliphatic heterocycles. The highest BCUT2D eigenvalue weighted by molar-refractivity contribution is 5.82. The van der Waals surface area contributed by atoms with E-state index in [1.54, 1.807) is 0 Å². The third-order valence-corrected chi connectivity index (χ3v) is 3.71. The number of oxazole rings is 1. The summed E-state index contributed by atoms with van der Waals surface area (Å²) in [5, 5.41) is 3.39. The standard InChI is InChI=1S/C15H21N3O/c1-10(2)13-8-12(18-6-4-16-5-7-18)9-14-15(13)19-11(3)17-14/h8-10,16H,4-7H2,1-3H3. The Morgan fingerprint density at radius 3 is 2.68 bits per heavy atom. The fourth-order valence-corrected chi connectivity index (χ4v) is 2.69. The van der Waals surface area contributed by atoms with Gasteiger partial charge in [0, 0.05) is 44.4 Å². The smallest absolute Gasteiger partial charge is 0.192 e. The molecule has 4 nitrogen and oxygen atoms in total. The molecule has 0 bridgehead atoms. The van der Waals surface area contributed by atoms with Crippen molar-refractivity contribution < 1.29 is 4.42 Å². The predicted molar refractivity (Wildman–Crippen MR) is 77.9 cm³/mol. The molecule has 4 heteroatoms. The van der Waals surface area contributed by atoms with Crippen LogP contribution in [0, 0.1) is 6.92 Å². The molecule has 0 atom stereocenters. The zero-order valence-corrected chi connectivity index (χ0v) is 11.9. The second-order valence-electron chi connectivity index (χ2n) is 5.51. The summed E-state index contributed by atoms with van der Waals surface area (Å²) in [6, 6.07) is 4.42. The van der Waals surface area contributed by atoms with Crippen LogP contribution in [-0.4, -0.2) is 31.2 Å². The van der Waals surface area contributed by atoms with E-state index in [2.05, 4.69) is 41.2 Å². The van der Waals surface area contributed by atoms with Crippen molar-refractivity contribution in [1.29, 1.82) is 0 Å². The number of hydrogen-bond acceptors (Lipinski definition) is 4. The number of aryl methyl sites for hydroxylation is 1. The average molecular weight is 259 g/mol. The molecular formula is C15H21N3O. The average Bonchev–Trinajstić information content (AvgIpc) is 2.78. The number of aromatic nitrogens is 1. The van der Waals surface area contributed by atoms with E-state index in [4.69, 9.17) is 4.42 Å². The van der Waals surface area contributed by atoms with Gasteiger partial charge in [-0.3, -0.25) is 0 Å². The Labute approximate surface area is 113 Å². The minimum Gasteiger partial charge on any atom is -0.441 e. The molecular weight excluding hydrogens is 238 g/mol. The number of rotatable bonds is 2. The highest BCUT2D eigenvalue weighted by Gasteiger charge is 2.17. The van der Waals surface area contributed by atoms with Gasteiger partial charge in [0.2, 0.25) is 0 Å². The summed E-state index contributed by atoms with van der Waals surface area (Å²) in [6.45, 7) is 10.5. The predicted octanol–water partition coefficient (Wildman–Crippen LogP) is 2.67. The van der Waals surface area contributed by atoms with Crippen molar-refractivity contribution in [1.82, 2.24) is 10.3 Å². The molecule has 1 saturated heterocycles. The maximum absolute atomic E-state index is 5.76. The zero-order valence-electron chi connectivity index (χ0n) is 11.9. The van der Waals surface area contributed by atoms with Crippen molar-refractivity contribution in [2.45, 2.75) is 26.7 Å². The molecule has 1 aromatic carbocycles. The molecule has 1 fully saturated rings. The minimum absolute atomic E-state index is 0.442. The Morgan fingerprint density at radius 1 is 1.26 bits per heavy atom. The first-order chi connectivity index (χ1) is 9.15. The Bertz CT molecular complexity index is 582. The van der Waals surface area contributed by atoms with E-state index >= 15 is 0 Å². The van der Waals surface area contributed by atoms with Gasteiger partial charge in [-0.2, -0.15) is 0 Å². The Kier molecular flexibility index (Phi) is 3.19. The molecule has 1 aliphatic rings. The van der Waals surface area contributed by atoms with E-state index in [1.807, 2.05) is 6.92 Å². The summed E-state index contributed by atoms with van der Waals surface area (Å²) in [6.07, 6.45) is 0. The highest BCUT2D eigenvalue weighted by atomic mass is 16.3.